The van der Waals surface area contributed by atoms with Gasteiger partial charge in [0.2, 0.25) is 12.4 Å². The zero-order chi connectivity index (χ0) is 37.1. The van der Waals surface area contributed by atoms with E-state index >= 15 is 0 Å². The van der Waals surface area contributed by atoms with Gasteiger partial charge >= 0.3 is 6.09 Å². The lowest BCUT2D eigenvalue weighted by Crippen LogP contribution is -2.53. The zero-order valence-electron chi connectivity index (χ0n) is 28.6. The van der Waals surface area contributed by atoms with Crippen LogP contribution >= 0.6 is 23.2 Å². The van der Waals surface area contributed by atoms with Crippen LogP contribution in [-0.2, 0) is 17.7 Å². The molecule has 0 aliphatic carbocycles. The summed E-state index contributed by atoms with van der Waals surface area (Å²) in [6.07, 6.45) is 3.52. The van der Waals surface area contributed by atoms with Crippen molar-refractivity contribution < 1.29 is 43.6 Å². The molecule has 0 unspecified atom stereocenters. The highest BCUT2D eigenvalue weighted by Gasteiger charge is 2.38. The van der Waals surface area contributed by atoms with E-state index in [-0.39, 0.29) is 51.8 Å². The molecule has 14 heteroatoms. The number of pyridine rings is 1. The second-order valence-electron chi connectivity index (χ2n) is 12.9. The number of hydrogen-bond acceptors (Lipinski definition) is 9. The third-order valence-corrected chi connectivity index (χ3v) is 10.5. The number of para-hydroxylation sites is 1. The average molecular weight is 750 g/mol. The summed E-state index contributed by atoms with van der Waals surface area (Å²) >= 11 is 13.1. The first kappa shape index (κ1) is 36.7. The number of rotatable bonds is 12. The van der Waals surface area contributed by atoms with E-state index in [1.54, 1.807) is 48.5 Å². The van der Waals surface area contributed by atoms with Gasteiger partial charge in [-0.3, -0.25) is 19.8 Å². The minimum atomic E-state index is -1.43. The fraction of sp³-hybridized carbons (Fsp3) is 0.316. The number of primary amides is 1. The van der Waals surface area contributed by atoms with Gasteiger partial charge in [0.15, 0.2) is 11.5 Å². The normalized spacial score (nSPS) is 18.3. The third kappa shape index (κ3) is 7.74. The number of aromatic carboxylic acids is 1. The Morgan fingerprint density at radius 3 is 2.29 bits per heavy atom. The topological polar surface area (TPSA) is 159 Å². The Hall–Kier alpha value is -5.04. The molecule has 7 rings (SSSR count). The van der Waals surface area contributed by atoms with Crippen LogP contribution in [0.25, 0.3) is 0 Å². The number of fused-ring (bicyclic) bond motifs is 3. The lowest BCUT2D eigenvalue weighted by Gasteiger charge is -2.44. The summed E-state index contributed by atoms with van der Waals surface area (Å²) in [4.78, 5) is 43.0. The van der Waals surface area contributed by atoms with E-state index in [1.165, 1.54) is 43.6 Å². The number of piperidine rings is 3. The Morgan fingerprint density at radius 1 is 0.981 bits per heavy atom. The molecule has 0 radical (unpaired) electrons. The lowest BCUT2D eigenvalue weighted by molar-refractivity contribution is -0.904. The smallest absolute Gasteiger partial charge is 0.414 e. The van der Waals surface area contributed by atoms with E-state index in [1.807, 2.05) is 0 Å². The first-order valence-corrected chi connectivity index (χ1v) is 17.5. The van der Waals surface area contributed by atoms with Gasteiger partial charge in [-0.05, 0) is 79.2 Å². The fourth-order valence-corrected chi connectivity index (χ4v) is 7.79. The highest BCUT2D eigenvalue weighted by atomic mass is 35.5. The van der Waals surface area contributed by atoms with Crippen molar-refractivity contribution in [1.82, 2.24) is 4.90 Å². The Kier molecular flexibility index (Phi) is 11.1. The Balaban J connectivity index is 1.46. The number of benzene rings is 3. The number of carbonyl (C=O) groups is 3. The van der Waals surface area contributed by atoms with Crippen molar-refractivity contribution in [1.29, 1.82) is 0 Å². The van der Waals surface area contributed by atoms with Crippen LogP contribution in [0.5, 0.6) is 11.5 Å². The Morgan fingerprint density at radius 2 is 1.67 bits per heavy atom. The number of hydrogen-bond donors (Lipinski definition) is 2. The van der Waals surface area contributed by atoms with Gasteiger partial charge in [0.25, 0.3) is 5.91 Å². The molecular formula is C38H38Cl2N4O8. The number of amides is 2. The van der Waals surface area contributed by atoms with Crippen LogP contribution in [0.1, 0.15) is 61.7 Å². The largest absolute Gasteiger partial charge is 0.545 e. The summed E-state index contributed by atoms with van der Waals surface area (Å²) in [5.74, 6) is -1.78. The third-order valence-electron chi connectivity index (χ3n) is 9.87. The van der Waals surface area contributed by atoms with Crippen molar-refractivity contribution in [2.45, 2.75) is 37.8 Å². The molecule has 1 aromatic heterocycles. The van der Waals surface area contributed by atoms with Crippen LogP contribution in [-0.4, -0.2) is 68.0 Å². The molecular weight excluding hydrogens is 711 g/mol. The van der Waals surface area contributed by atoms with Crippen LogP contribution < -0.4 is 29.9 Å². The Bertz CT molecular complexity index is 1980. The highest BCUT2D eigenvalue weighted by Crippen LogP contribution is 2.39. The van der Waals surface area contributed by atoms with Crippen molar-refractivity contribution in [2.24, 2.45) is 11.7 Å². The maximum absolute atomic E-state index is 14.1. The Labute approximate surface area is 310 Å². The predicted molar refractivity (Wildman–Crippen MR) is 190 cm³/mol. The molecule has 2 amide bonds. The second kappa shape index (κ2) is 15.7. The molecule has 4 aromatic rings. The molecule has 3 aromatic carbocycles. The molecule has 3 aliphatic rings. The van der Waals surface area contributed by atoms with Crippen LogP contribution in [0.2, 0.25) is 10.0 Å². The minimum Gasteiger partial charge on any atom is -0.545 e. The number of carboxylic acid groups (broad SMARTS) is 1. The van der Waals surface area contributed by atoms with E-state index in [4.69, 9.17) is 43.1 Å². The molecule has 3 fully saturated rings. The number of methoxy groups -OCH3 is 2. The van der Waals surface area contributed by atoms with Crippen molar-refractivity contribution in [3.63, 3.8) is 0 Å². The van der Waals surface area contributed by atoms with Gasteiger partial charge in [0.1, 0.15) is 16.1 Å². The first-order chi connectivity index (χ1) is 25.0. The van der Waals surface area contributed by atoms with Crippen molar-refractivity contribution in [2.75, 3.05) is 38.8 Å². The molecule has 0 spiro atoms. The van der Waals surface area contributed by atoms with Crippen molar-refractivity contribution in [3.05, 3.63) is 116 Å². The van der Waals surface area contributed by atoms with E-state index in [0.717, 1.165) is 30.7 Å². The molecule has 3 saturated heterocycles. The van der Waals surface area contributed by atoms with Gasteiger partial charge in [-0.2, -0.15) is 0 Å². The van der Waals surface area contributed by atoms with Gasteiger partial charge in [0, 0.05) is 28.3 Å². The summed E-state index contributed by atoms with van der Waals surface area (Å²) in [7, 11) is 2.99. The molecule has 3 N–H and O–H groups in total. The summed E-state index contributed by atoms with van der Waals surface area (Å²) in [5.41, 5.74) is 7.95. The number of aromatic nitrogens is 1. The van der Waals surface area contributed by atoms with E-state index < -0.39 is 23.9 Å². The number of nitrogens with two attached hydrogens (primary N) is 1. The lowest BCUT2D eigenvalue weighted by atomic mass is 9.82. The molecule has 272 valence electrons. The van der Waals surface area contributed by atoms with Gasteiger partial charge in [-0.1, -0.05) is 59.6 Å². The maximum atomic E-state index is 14.1. The van der Waals surface area contributed by atoms with E-state index in [0.29, 0.717) is 40.3 Å². The van der Waals surface area contributed by atoms with Crippen LogP contribution in [0.3, 0.4) is 0 Å². The van der Waals surface area contributed by atoms with Crippen molar-refractivity contribution in [3.8, 4) is 11.5 Å². The number of carboxylic acids is 1. The van der Waals surface area contributed by atoms with Gasteiger partial charge < -0.3 is 29.8 Å². The van der Waals surface area contributed by atoms with Crippen LogP contribution in [0.15, 0.2) is 73.1 Å². The fourth-order valence-electron chi connectivity index (χ4n) is 7.19. The molecule has 4 heterocycles. The second-order valence-corrected chi connectivity index (χ2v) is 13.7. The molecule has 52 heavy (non-hydrogen) atoms. The average Bonchev–Trinajstić information content (AvgIpc) is 3.13. The maximum Gasteiger partial charge on any atom is 0.414 e. The number of carbonyl (C=O) groups excluding carboxylic acids is 3. The number of halogens is 2. The number of nitrogens with zero attached hydrogens (tertiary/aromatic N) is 3. The summed E-state index contributed by atoms with van der Waals surface area (Å²) in [6.45, 7) is 2.45. The van der Waals surface area contributed by atoms with E-state index in [9.17, 15) is 24.7 Å². The molecule has 3 aliphatic heterocycles. The summed E-state index contributed by atoms with van der Waals surface area (Å²) < 4.78 is 17.9. The molecule has 0 saturated carbocycles. The van der Waals surface area contributed by atoms with Gasteiger partial charge in [-0.25, -0.2) is 4.79 Å². The standard InChI is InChI=1S/C38H38Cl2N4O8/c1-50-33-10-8-24(16-34(33)51-2)27(17-29-30(39)19-43(49)20-31(29)40)28-15-22(7-9-25(28)37(46)47)18-44(32-6-4-3-5-26(32)36(41)45)38(48)52-35-21-42-13-11-23(35)12-14-42/h3-10,15-16,19-20,23,27,35H,11-14,17-18,21H2,1-2H3,(H3-,41,45,46,47,49)/t27-,35-/m0/s1. The highest BCUT2D eigenvalue weighted by molar-refractivity contribution is 6.35. The minimum absolute atomic E-state index is 0.0908. The number of anilines is 1. The molecule has 2 atom stereocenters. The van der Waals surface area contributed by atoms with Gasteiger partial charge in [-0.15, -0.1) is 0 Å². The summed E-state index contributed by atoms with van der Waals surface area (Å²) in [6, 6.07) is 16.4. The first-order valence-electron chi connectivity index (χ1n) is 16.7. The summed E-state index contributed by atoms with van der Waals surface area (Å²) in [5, 5.41) is 23.0. The van der Waals surface area contributed by atoms with Crippen molar-refractivity contribution >= 4 is 46.9 Å². The zero-order valence-corrected chi connectivity index (χ0v) is 30.1. The predicted octanol–water partition coefficient (Wildman–Crippen LogP) is 4.61. The molecule has 2 bridgehead atoms. The van der Waals surface area contributed by atoms with Gasteiger partial charge in [0.05, 0.1) is 38.0 Å². The monoisotopic (exact) mass is 748 g/mol. The van der Waals surface area contributed by atoms with E-state index in [2.05, 4.69) is 4.90 Å². The molecule has 12 nitrogen and oxygen atoms in total. The quantitative estimate of drug-likeness (QED) is 0.156. The SMILES string of the molecule is COc1ccc([C@H](Cc2c(Cl)c[n+](O)cc2Cl)c2cc(CN(C(=O)O[C@H]3CN4CCC3CC4)c3ccccc3C(N)=O)ccc2C(=O)[O-])cc1OC. The van der Waals surface area contributed by atoms with Crippen LogP contribution in [0, 0.1) is 5.92 Å². The van der Waals surface area contributed by atoms with Crippen LogP contribution in [0.4, 0.5) is 10.5 Å². The number of ether oxygens (including phenoxy) is 3.